The molecule has 17 heteroatoms. The van der Waals surface area contributed by atoms with Crippen LogP contribution in [0.2, 0.25) is 0 Å². The molecule has 59 heavy (non-hydrogen) atoms. The Kier molecular flexibility index (Phi) is 14.2. The first-order valence-electron chi connectivity index (χ1n) is 18.1. The van der Waals surface area contributed by atoms with Crippen LogP contribution in [-0.2, 0) is 63.5 Å². The van der Waals surface area contributed by atoms with E-state index in [9.17, 15) is 33.9 Å². The quantitative estimate of drug-likeness (QED) is 0.118. The van der Waals surface area contributed by atoms with Crippen LogP contribution in [-0.4, -0.2) is 104 Å². The summed E-state index contributed by atoms with van der Waals surface area (Å²) in [5, 5.41) is 12.6. The number of hydrogen-bond donors (Lipinski definition) is 1. The molecule has 2 fully saturated rings. The number of carbonyl (C=O) groups is 6. The van der Waals surface area contributed by atoms with Gasteiger partial charge >= 0.3 is 35.8 Å². The number of aliphatic hydroxyl groups is 1. The average molecular weight is 947 g/mol. The predicted molar refractivity (Wildman–Crippen MR) is 212 cm³/mol. The van der Waals surface area contributed by atoms with E-state index in [1.165, 1.54) is 43.3 Å². The van der Waals surface area contributed by atoms with Crippen LogP contribution in [0.15, 0.2) is 100.0 Å². The van der Waals surface area contributed by atoms with Crippen molar-refractivity contribution in [3.63, 3.8) is 0 Å². The minimum atomic E-state index is -3.53. The van der Waals surface area contributed by atoms with Crippen molar-refractivity contribution in [2.24, 2.45) is 5.92 Å². The first-order chi connectivity index (χ1) is 28.0. The molecular formula is C42H42Br2O15. The maximum Gasteiger partial charge on any atom is 0.346 e. The Morgan fingerprint density at radius 1 is 0.780 bits per heavy atom. The van der Waals surface area contributed by atoms with Crippen LogP contribution < -0.4 is 0 Å². The highest BCUT2D eigenvalue weighted by Gasteiger charge is 2.87. The molecule has 2 aliphatic heterocycles. The molecule has 3 aromatic rings. The molecule has 2 unspecified atom stereocenters. The number of carbonyl (C=O) groups excluding carboxylic acids is 6. The van der Waals surface area contributed by atoms with Gasteiger partial charge in [-0.1, -0.05) is 75.7 Å². The van der Waals surface area contributed by atoms with Crippen molar-refractivity contribution < 1.29 is 71.8 Å². The third-order valence-electron chi connectivity index (χ3n) is 10.1. The number of hydrogen-bond acceptors (Lipinski definition) is 15. The molecule has 0 amide bonds. The lowest BCUT2D eigenvalue weighted by Gasteiger charge is -2.49. The molecule has 8 atom stereocenters. The summed E-state index contributed by atoms with van der Waals surface area (Å²) in [6, 6.07) is 21.1. The van der Waals surface area contributed by atoms with Gasteiger partial charge in [-0.05, 0) is 72.5 Å². The second-order valence-electron chi connectivity index (χ2n) is 13.9. The SMILES string of the molecule is C=C(CC[C@]12O[C@H](C(=O)OC)[C@@](O)(C(=O)OC)[C@](C(=O)OC)(O1)[C@H](OC(=O)c1ccc(Br)cc1)[C@H]2OC(=O)c1ccc(Br)cc1)C(OC(C)=O)C(C)Cc1ccccc1. The minimum absolute atomic E-state index is 0.0308. The van der Waals surface area contributed by atoms with E-state index in [-0.39, 0.29) is 23.5 Å². The van der Waals surface area contributed by atoms with Gasteiger partial charge in [0.05, 0.1) is 32.5 Å². The topological polar surface area (TPSA) is 196 Å². The van der Waals surface area contributed by atoms with Crippen molar-refractivity contribution in [3.05, 3.63) is 117 Å². The molecule has 2 heterocycles. The summed E-state index contributed by atoms with van der Waals surface area (Å²) in [5.41, 5.74) is -5.66. The summed E-state index contributed by atoms with van der Waals surface area (Å²) in [6.45, 7) is 7.29. The predicted octanol–water partition coefficient (Wildman–Crippen LogP) is 5.22. The van der Waals surface area contributed by atoms with Crippen molar-refractivity contribution in [3.8, 4) is 0 Å². The molecule has 0 aliphatic carbocycles. The van der Waals surface area contributed by atoms with Gasteiger partial charge in [0.1, 0.15) is 6.10 Å². The molecule has 1 N–H and O–H groups in total. The van der Waals surface area contributed by atoms with Gasteiger partial charge in [-0.15, -0.1) is 0 Å². The first-order valence-corrected chi connectivity index (χ1v) is 19.7. The van der Waals surface area contributed by atoms with E-state index in [2.05, 4.69) is 38.4 Å². The highest BCUT2D eigenvalue weighted by Crippen LogP contribution is 2.57. The van der Waals surface area contributed by atoms with E-state index >= 15 is 0 Å². The molecule has 2 aliphatic rings. The van der Waals surface area contributed by atoms with Crippen LogP contribution >= 0.6 is 31.9 Å². The summed E-state index contributed by atoms with van der Waals surface area (Å²) in [4.78, 5) is 82.4. The Morgan fingerprint density at radius 3 is 1.80 bits per heavy atom. The Labute approximate surface area is 356 Å². The lowest BCUT2D eigenvalue weighted by atomic mass is 9.74. The van der Waals surface area contributed by atoms with Gasteiger partial charge in [0.2, 0.25) is 17.5 Å². The third kappa shape index (κ3) is 8.84. The van der Waals surface area contributed by atoms with Crippen LogP contribution in [0.5, 0.6) is 0 Å². The van der Waals surface area contributed by atoms with E-state index in [1.54, 1.807) is 12.1 Å². The zero-order chi connectivity index (χ0) is 43.3. The van der Waals surface area contributed by atoms with E-state index in [0.29, 0.717) is 20.9 Å². The van der Waals surface area contributed by atoms with Gasteiger partial charge in [0, 0.05) is 28.2 Å². The maximum absolute atomic E-state index is 14.4. The lowest BCUT2D eigenvalue weighted by Crippen LogP contribution is -2.78. The molecular weight excluding hydrogens is 904 g/mol. The van der Waals surface area contributed by atoms with Crippen LogP contribution in [0, 0.1) is 5.92 Å². The third-order valence-corrected chi connectivity index (χ3v) is 11.2. The van der Waals surface area contributed by atoms with E-state index in [1.807, 2.05) is 37.3 Å². The van der Waals surface area contributed by atoms with Gasteiger partial charge in [0.25, 0.3) is 5.60 Å². The largest absolute Gasteiger partial charge is 0.467 e. The molecule has 15 nitrogen and oxygen atoms in total. The molecule has 0 saturated carbocycles. The smallest absolute Gasteiger partial charge is 0.346 e. The Bertz CT molecular complexity index is 2070. The number of rotatable bonds is 15. The number of fused-ring (bicyclic) bond motifs is 2. The van der Waals surface area contributed by atoms with E-state index < -0.39 is 83.6 Å². The fraction of sp³-hybridized carbons (Fsp3) is 0.381. The van der Waals surface area contributed by atoms with Crippen LogP contribution in [0.1, 0.15) is 53.0 Å². The van der Waals surface area contributed by atoms with Gasteiger partial charge in [-0.2, -0.15) is 0 Å². The second kappa shape index (κ2) is 18.5. The van der Waals surface area contributed by atoms with Gasteiger partial charge in [0.15, 0.2) is 12.2 Å². The molecule has 0 spiro atoms. The summed E-state index contributed by atoms with van der Waals surface area (Å²) >= 11 is 6.61. The van der Waals surface area contributed by atoms with Crippen molar-refractivity contribution in [2.75, 3.05) is 21.3 Å². The summed E-state index contributed by atoms with van der Waals surface area (Å²) in [7, 11) is 2.66. The number of halogens is 2. The fourth-order valence-electron chi connectivity index (χ4n) is 7.34. The first kappa shape index (κ1) is 45.1. The van der Waals surface area contributed by atoms with Gasteiger partial charge < -0.3 is 43.0 Å². The summed E-state index contributed by atoms with van der Waals surface area (Å²) < 4.78 is 46.7. The number of benzene rings is 3. The molecule has 5 rings (SSSR count). The lowest BCUT2D eigenvalue weighted by molar-refractivity contribution is -0.374. The number of ether oxygens (including phenoxy) is 8. The standard InChI is InChI=1S/C42H42Br2O15/c1-23(31(55-25(3)45)24(2)22-26-10-8-7-9-11-26)20-21-40-32(56-35(46)27-12-16-29(43)17-13-27)33(57-36(47)28-14-18-30(44)19-15-28)42(59-40,39(50)54-6)41(51,38(49)53-5)34(58-40)37(48)52-4/h7-19,24,31-34,51H,1,20-22H2,2-6H3/t24?,31?,32-,33-,34-,40+,41-,42+/m1/s1. The Hall–Kier alpha value is -4.94. The van der Waals surface area contributed by atoms with Crippen molar-refractivity contribution in [1.82, 2.24) is 0 Å². The van der Waals surface area contributed by atoms with Crippen LogP contribution in [0.3, 0.4) is 0 Å². The van der Waals surface area contributed by atoms with E-state index in [4.69, 9.17) is 37.9 Å². The summed E-state index contributed by atoms with van der Waals surface area (Å²) in [6.07, 6.45) is -7.98. The molecule has 2 bridgehead atoms. The number of methoxy groups -OCH3 is 3. The molecule has 0 aromatic heterocycles. The highest BCUT2D eigenvalue weighted by atomic mass is 79.9. The molecule has 3 aromatic carbocycles. The normalized spacial score (nSPS) is 25.4. The average Bonchev–Trinajstić information content (AvgIpc) is 3.46. The Morgan fingerprint density at radius 2 is 1.31 bits per heavy atom. The minimum Gasteiger partial charge on any atom is -0.467 e. The van der Waals surface area contributed by atoms with Crippen molar-refractivity contribution >= 4 is 67.7 Å². The molecule has 314 valence electrons. The van der Waals surface area contributed by atoms with Crippen LogP contribution in [0.25, 0.3) is 0 Å². The van der Waals surface area contributed by atoms with Gasteiger partial charge in [-0.25, -0.2) is 24.0 Å². The zero-order valence-corrected chi connectivity index (χ0v) is 35.8. The van der Waals surface area contributed by atoms with E-state index in [0.717, 1.165) is 26.9 Å². The second-order valence-corrected chi connectivity index (χ2v) is 15.8. The monoisotopic (exact) mass is 944 g/mol. The number of esters is 6. The van der Waals surface area contributed by atoms with Crippen molar-refractivity contribution in [1.29, 1.82) is 0 Å². The Balaban J connectivity index is 1.71. The van der Waals surface area contributed by atoms with Crippen molar-refractivity contribution in [2.45, 2.75) is 74.5 Å². The maximum atomic E-state index is 14.4. The van der Waals surface area contributed by atoms with Gasteiger partial charge in [-0.3, -0.25) is 4.79 Å². The van der Waals surface area contributed by atoms with Crippen LogP contribution in [0.4, 0.5) is 0 Å². The summed E-state index contributed by atoms with van der Waals surface area (Å²) in [5.74, 6) is -10.3. The fourth-order valence-corrected chi connectivity index (χ4v) is 7.87. The zero-order valence-electron chi connectivity index (χ0n) is 32.6. The molecule has 0 radical (unpaired) electrons. The highest BCUT2D eigenvalue weighted by molar-refractivity contribution is 9.10. The molecule has 2 saturated heterocycles.